The lowest BCUT2D eigenvalue weighted by Gasteiger charge is -2.26. The summed E-state index contributed by atoms with van der Waals surface area (Å²) in [6, 6.07) is 25.8. The summed E-state index contributed by atoms with van der Waals surface area (Å²) in [5.74, 6) is -0.405. The summed E-state index contributed by atoms with van der Waals surface area (Å²) < 4.78 is 1.03. The van der Waals surface area contributed by atoms with E-state index in [1.165, 1.54) is 4.90 Å². The minimum atomic E-state index is -1.22. The zero-order valence-corrected chi connectivity index (χ0v) is 22.7. The number of benzene rings is 4. The van der Waals surface area contributed by atoms with Gasteiger partial charge in [-0.2, -0.15) is 0 Å². The molecule has 3 amide bonds. The van der Waals surface area contributed by atoms with E-state index in [9.17, 15) is 9.59 Å². The fourth-order valence-electron chi connectivity index (χ4n) is 4.58. The Hall–Kier alpha value is -4.01. The number of halogens is 1. The van der Waals surface area contributed by atoms with Crippen LogP contribution in [0, 0.1) is 0 Å². The largest absolute Gasteiger partial charge is 0.377 e. The molecule has 0 saturated carbocycles. The van der Waals surface area contributed by atoms with Crippen LogP contribution in [0.25, 0.3) is 10.8 Å². The summed E-state index contributed by atoms with van der Waals surface area (Å²) in [5.41, 5.74) is 4.28. The number of carbonyl (C=O) groups excluding carboxylic acids is 2. The molecule has 0 aromatic heterocycles. The van der Waals surface area contributed by atoms with E-state index < -0.39 is 18.1 Å². The van der Waals surface area contributed by atoms with Crippen molar-refractivity contribution in [3.05, 3.63) is 101 Å². The third-order valence-corrected chi connectivity index (χ3v) is 7.12. The van der Waals surface area contributed by atoms with Crippen LogP contribution in [0.1, 0.15) is 11.1 Å². The molecule has 0 spiro atoms. The van der Waals surface area contributed by atoms with Gasteiger partial charge >= 0.3 is 6.03 Å². The lowest BCUT2D eigenvalue weighted by Crippen LogP contribution is -2.46. The second-order valence-corrected chi connectivity index (χ2v) is 9.99. The Morgan fingerprint density at radius 3 is 2.37 bits per heavy atom. The number of thiol groups is 1. The molecule has 1 unspecified atom stereocenters. The van der Waals surface area contributed by atoms with Crippen molar-refractivity contribution >= 4 is 69.9 Å². The Kier molecular flexibility index (Phi) is 7.01. The Labute approximate surface area is 231 Å². The van der Waals surface area contributed by atoms with Gasteiger partial charge < -0.3 is 15.1 Å². The van der Waals surface area contributed by atoms with Crippen molar-refractivity contribution in [2.24, 2.45) is 4.99 Å². The number of rotatable bonds is 4. The molecule has 4 aromatic carbocycles. The molecule has 0 aliphatic carbocycles. The van der Waals surface area contributed by atoms with Crippen LogP contribution in [0.4, 0.5) is 21.9 Å². The Bertz CT molecular complexity index is 1570. The van der Waals surface area contributed by atoms with E-state index in [2.05, 4.69) is 18.1 Å². The first-order valence-corrected chi connectivity index (χ1v) is 12.7. The molecule has 0 bridgehead atoms. The van der Waals surface area contributed by atoms with Crippen molar-refractivity contribution in [1.29, 1.82) is 0 Å². The predicted octanol–water partition coefficient (Wildman–Crippen LogP) is 6.08. The van der Waals surface area contributed by atoms with Crippen LogP contribution >= 0.6 is 24.4 Å². The number of amides is 3. The van der Waals surface area contributed by atoms with E-state index in [1.54, 1.807) is 25.2 Å². The van der Waals surface area contributed by atoms with Gasteiger partial charge in [0.2, 0.25) is 6.17 Å². The topological polar surface area (TPSA) is 68.2 Å². The second-order valence-electron chi connectivity index (χ2n) is 9.12. The molecule has 7 nitrogen and oxygen atoms in total. The van der Waals surface area contributed by atoms with Crippen LogP contribution in [0.5, 0.6) is 0 Å². The van der Waals surface area contributed by atoms with E-state index in [-0.39, 0.29) is 0 Å². The molecule has 0 fully saturated rings. The molecule has 1 atom stereocenters. The van der Waals surface area contributed by atoms with Crippen molar-refractivity contribution < 1.29 is 9.59 Å². The molecular weight excluding hydrogens is 518 g/mol. The van der Waals surface area contributed by atoms with Crippen LogP contribution in [-0.4, -0.2) is 49.3 Å². The van der Waals surface area contributed by atoms with E-state index in [1.807, 2.05) is 85.7 Å². The van der Waals surface area contributed by atoms with Gasteiger partial charge in [0.1, 0.15) is 0 Å². The third-order valence-electron chi connectivity index (χ3n) is 6.49. The van der Waals surface area contributed by atoms with E-state index in [4.69, 9.17) is 16.6 Å². The summed E-state index contributed by atoms with van der Waals surface area (Å²) in [7, 11) is 5.59. The lowest BCUT2D eigenvalue weighted by atomic mass is 10.0. The smallest absolute Gasteiger partial charge is 0.334 e. The maximum absolute atomic E-state index is 13.6. The monoisotopic (exact) mass is 543 g/mol. The SMILES string of the molecule is CN(C)c1ccc(NC(=O)N(S)C2N=C(c3ccccc3)c3cc(Cl)ccc3N(C)C2=O)c2ccccc12. The molecule has 1 aliphatic heterocycles. The number of hydrogen-bond donors (Lipinski definition) is 2. The number of nitrogens with one attached hydrogen (secondary N) is 1. The van der Waals surface area contributed by atoms with Gasteiger partial charge in [0.05, 0.1) is 17.1 Å². The Balaban J connectivity index is 1.54. The molecule has 5 rings (SSSR count). The molecule has 1 N–H and O–H groups in total. The van der Waals surface area contributed by atoms with Gasteiger partial charge in [-0.1, -0.05) is 79.0 Å². The molecule has 9 heteroatoms. The van der Waals surface area contributed by atoms with E-state index >= 15 is 0 Å². The lowest BCUT2D eigenvalue weighted by molar-refractivity contribution is -0.121. The number of aliphatic imine (C=N–C) groups is 1. The number of anilines is 3. The van der Waals surface area contributed by atoms with Crippen molar-refractivity contribution in [3.63, 3.8) is 0 Å². The standard InChI is InChI=1S/C29H26ClN5O2S/c1-33(2)24-16-14-23(20-11-7-8-12-21(20)24)31-29(37)35(38)27-28(36)34(3)25-15-13-19(30)17-22(25)26(32-27)18-9-5-4-6-10-18/h4-17,27,38H,1-3H3,(H,31,37). The van der Waals surface area contributed by atoms with E-state index in [0.717, 1.165) is 26.3 Å². The zero-order valence-electron chi connectivity index (χ0n) is 21.1. The van der Waals surface area contributed by atoms with Gasteiger partial charge in [0, 0.05) is 53.8 Å². The molecule has 0 radical (unpaired) electrons. The van der Waals surface area contributed by atoms with Gasteiger partial charge in [-0.15, -0.1) is 0 Å². The van der Waals surface area contributed by atoms with Crippen LogP contribution in [0.15, 0.2) is 89.9 Å². The van der Waals surface area contributed by atoms with Crippen molar-refractivity contribution in [3.8, 4) is 0 Å². The number of carbonyl (C=O) groups is 2. The van der Waals surface area contributed by atoms with Crippen molar-refractivity contribution in [2.75, 3.05) is 36.3 Å². The average Bonchev–Trinajstić information content (AvgIpc) is 3.03. The van der Waals surface area contributed by atoms with Crippen LogP contribution in [0.3, 0.4) is 0 Å². The molecule has 0 saturated heterocycles. The number of benzodiazepines with no additional fused rings is 1. The fraction of sp³-hybridized carbons (Fsp3) is 0.138. The molecule has 1 heterocycles. The van der Waals surface area contributed by atoms with Gasteiger partial charge in [0.25, 0.3) is 5.91 Å². The number of nitrogens with zero attached hydrogens (tertiary/aromatic N) is 4. The highest BCUT2D eigenvalue weighted by atomic mass is 35.5. The molecule has 1 aliphatic rings. The molecule has 4 aromatic rings. The molecule has 38 heavy (non-hydrogen) atoms. The van der Waals surface area contributed by atoms with Gasteiger partial charge in [-0.3, -0.25) is 4.79 Å². The molecular formula is C29H26ClN5O2S. The average molecular weight is 544 g/mol. The fourth-order valence-corrected chi connectivity index (χ4v) is 4.95. The summed E-state index contributed by atoms with van der Waals surface area (Å²) in [6.07, 6.45) is -1.22. The summed E-state index contributed by atoms with van der Waals surface area (Å²) in [4.78, 5) is 35.4. The highest BCUT2D eigenvalue weighted by Crippen LogP contribution is 2.33. The summed E-state index contributed by atoms with van der Waals surface area (Å²) in [6.45, 7) is 0. The van der Waals surface area contributed by atoms with Crippen LogP contribution in [-0.2, 0) is 4.79 Å². The third kappa shape index (κ3) is 4.68. The van der Waals surface area contributed by atoms with Gasteiger partial charge in [-0.05, 0) is 30.3 Å². The predicted molar refractivity (Wildman–Crippen MR) is 159 cm³/mol. The summed E-state index contributed by atoms with van der Waals surface area (Å²) in [5, 5.41) is 5.29. The Morgan fingerprint density at radius 1 is 0.974 bits per heavy atom. The number of hydrogen-bond acceptors (Lipinski definition) is 5. The zero-order chi connectivity index (χ0) is 27.0. The van der Waals surface area contributed by atoms with Crippen LogP contribution in [0.2, 0.25) is 5.02 Å². The summed E-state index contributed by atoms with van der Waals surface area (Å²) >= 11 is 10.8. The number of urea groups is 1. The minimum Gasteiger partial charge on any atom is -0.377 e. The van der Waals surface area contributed by atoms with E-state index in [0.29, 0.717) is 27.7 Å². The van der Waals surface area contributed by atoms with Crippen molar-refractivity contribution in [1.82, 2.24) is 4.31 Å². The molecule has 192 valence electrons. The minimum absolute atomic E-state index is 0.405. The van der Waals surface area contributed by atoms with Gasteiger partial charge in [-0.25, -0.2) is 14.1 Å². The number of fused-ring (bicyclic) bond motifs is 2. The normalized spacial score (nSPS) is 15.0. The second kappa shape index (κ2) is 10.4. The maximum atomic E-state index is 13.6. The Morgan fingerprint density at radius 2 is 1.66 bits per heavy atom. The first kappa shape index (κ1) is 25.6. The highest BCUT2D eigenvalue weighted by molar-refractivity contribution is 7.78. The maximum Gasteiger partial charge on any atom is 0.334 e. The quantitative estimate of drug-likeness (QED) is 0.307. The van der Waals surface area contributed by atoms with Crippen LogP contribution < -0.4 is 15.1 Å². The number of likely N-dealkylation sites (N-methyl/N-ethyl adjacent to an activating group) is 1. The first-order valence-electron chi connectivity index (χ1n) is 11.9. The first-order chi connectivity index (χ1) is 18.3. The highest BCUT2D eigenvalue weighted by Gasteiger charge is 2.35. The van der Waals surface area contributed by atoms with Crippen molar-refractivity contribution in [2.45, 2.75) is 6.17 Å². The van der Waals surface area contributed by atoms with Gasteiger partial charge in [0.15, 0.2) is 0 Å².